The number of nitrogens with two attached hydrogens (primary N) is 1. The number of amides is 2. The van der Waals surface area contributed by atoms with Crippen LogP contribution in [0.4, 0.5) is 5.00 Å². The molecule has 0 saturated heterocycles. The fourth-order valence-electron chi connectivity index (χ4n) is 3.20. The third-order valence-electron chi connectivity index (χ3n) is 4.68. The summed E-state index contributed by atoms with van der Waals surface area (Å²) in [5, 5.41) is 3.05. The lowest BCUT2D eigenvalue weighted by molar-refractivity contribution is -0.123. The van der Waals surface area contributed by atoms with Crippen molar-refractivity contribution in [3.63, 3.8) is 0 Å². The Hall–Kier alpha value is -2.94. The molecule has 3 rings (SSSR count). The molecule has 0 unspecified atom stereocenters. The second-order valence-electron chi connectivity index (χ2n) is 6.74. The Morgan fingerprint density at radius 3 is 2.61 bits per heavy atom. The van der Waals surface area contributed by atoms with Crippen LogP contribution in [0.3, 0.4) is 0 Å². The van der Waals surface area contributed by atoms with Crippen molar-refractivity contribution < 1.29 is 23.9 Å². The highest BCUT2D eigenvalue weighted by atomic mass is 32.1. The van der Waals surface area contributed by atoms with Crippen LogP contribution in [0.5, 0.6) is 0 Å². The molecule has 0 saturated carbocycles. The van der Waals surface area contributed by atoms with Crippen LogP contribution in [0, 0.1) is 0 Å². The average molecular weight is 403 g/mol. The van der Waals surface area contributed by atoms with E-state index in [0.29, 0.717) is 16.1 Å². The smallest absolute Gasteiger partial charge is 0.355 e. The molecular formula is C19H21N3O5S. The number of rotatable bonds is 6. The number of ketones is 1. The van der Waals surface area contributed by atoms with Crippen molar-refractivity contribution in [2.45, 2.75) is 39.2 Å². The van der Waals surface area contributed by atoms with Gasteiger partial charge in [-0.3, -0.25) is 14.4 Å². The van der Waals surface area contributed by atoms with Crippen molar-refractivity contribution in [2.24, 2.45) is 12.8 Å². The highest BCUT2D eigenvalue weighted by molar-refractivity contribution is 7.17. The summed E-state index contributed by atoms with van der Waals surface area (Å²) in [6.45, 7) is 2.84. The molecule has 0 spiro atoms. The Balaban J connectivity index is 1.71. The van der Waals surface area contributed by atoms with Gasteiger partial charge in [0.25, 0.3) is 11.8 Å². The molecule has 8 nitrogen and oxygen atoms in total. The Labute approximate surface area is 165 Å². The zero-order chi connectivity index (χ0) is 20.6. The molecule has 3 N–H and O–H groups in total. The summed E-state index contributed by atoms with van der Waals surface area (Å²) in [5.41, 5.74) is 7.28. The molecular weight excluding hydrogens is 382 g/mol. The average Bonchev–Trinajstić information content (AvgIpc) is 3.28. The quantitative estimate of drug-likeness (QED) is 0.565. The molecule has 0 bridgehead atoms. The number of Topliss-reactive ketones (excluding diaryl/α,β-unsaturated/α-hetero) is 1. The first-order valence-corrected chi connectivity index (χ1v) is 9.64. The molecule has 0 aromatic carbocycles. The van der Waals surface area contributed by atoms with Crippen LogP contribution in [0.2, 0.25) is 0 Å². The summed E-state index contributed by atoms with van der Waals surface area (Å²) >= 11 is 1.33. The maximum atomic E-state index is 12.5. The van der Waals surface area contributed by atoms with Gasteiger partial charge in [-0.1, -0.05) is 0 Å². The van der Waals surface area contributed by atoms with E-state index in [-0.39, 0.29) is 11.5 Å². The number of aryl methyl sites for hydroxylation is 2. The predicted molar refractivity (Wildman–Crippen MR) is 104 cm³/mol. The largest absolute Gasteiger partial charge is 0.448 e. The lowest BCUT2D eigenvalue weighted by Crippen LogP contribution is -2.31. The van der Waals surface area contributed by atoms with Gasteiger partial charge >= 0.3 is 5.97 Å². The zero-order valence-electron chi connectivity index (χ0n) is 15.8. The predicted octanol–water partition coefficient (Wildman–Crippen LogP) is 2.06. The van der Waals surface area contributed by atoms with Crippen molar-refractivity contribution in [1.82, 2.24) is 4.57 Å². The van der Waals surface area contributed by atoms with Gasteiger partial charge < -0.3 is 20.4 Å². The van der Waals surface area contributed by atoms with Gasteiger partial charge in [0.1, 0.15) is 10.7 Å². The molecule has 28 heavy (non-hydrogen) atoms. The lowest BCUT2D eigenvalue weighted by Gasteiger charge is -2.14. The van der Waals surface area contributed by atoms with Gasteiger partial charge in [-0.25, -0.2) is 4.79 Å². The van der Waals surface area contributed by atoms with Crippen LogP contribution in [-0.4, -0.2) is 34.2 Å². The van der Waals surface area contributed by atoms with E-state index >= 15 is 0 Å². The standard InChI is InChI=1S/C19H21N3O5S/c1-9(23)11-7-13(22(3)8-11)19(26)27-10(2)17(25)21-18-15(16(20)24)12-5-4-6-14(12)28-18/h7-8,10H,4-6H2,1-3H3,(H2,20,24)(H,21,25)/t10-/m0/s1. The number of fused-ring (bicyclic) bond motifs is 1. The SMILES string of the molecule is CC(=O)c1cc(C(=O)O[C@@H](C)C(=O)Nc2sc3c(c2C(N)=O)CCC3)n(C)c1. The van der Waals surface area contributed by atoms with Crippen LogP contribution in [0.15, 0.2) is 12.3 Å². The molecule has 2 aromatic heterocycles. The van der Waals surface area contributed by atoms with E-state index in [1.54, 1.807) is 7.05 Å². The molecule has 1 aliphatic rings. The number of anilines is 1. The summed E-state index contributed by atoms with van der Waals surface area (Å²) < 4.78 is 6.70. The summed E-state index contributed by atoms with van der Waals surface area (Å²) in [5.74, 6) is -2.04. The maximum absolute atomic E-state index is 12.5. The first-order valence-electron chi connectivity index (χ1n) is 8.82. The van der Waals surface area contributed by atoms with E-state index in [0.717, 1.165) is 29.7 Å². The van der Waals surface area contributed by atoms with Crippen LogP contribution in [-0.2, 0) is 29.4 Å². The second-order valence-corrected chi connectivity index (χ2v) is 7.85. The van der Waals surface area contributed by atoms with Crippen molar-refractivity contribution in [2.75, 3.05) is 5.32 Å². The van der Waals surface area contributed by atoms with E-state index < -0.39 is 23.9 Å². The van der Waals surface area contributed by atoms with E-state index in [4.69, 9.17) is 10.5 Å². The fourth-order valence-corrected chi connectivity index (χ4v) is 4.50. The number of hydrogen-bond donors (Lipinski definition) is 2. The minimum absolute atomic E-state index is 0.165. The molecule has 2 amide bonds. The number of hydrogen-bond acceptors (Lipinski definition) is 6. The van der Waals surface area contributed by atoms with Crippen molar-refractivity contribution in [3.8, 4) is 0 Å². The Kier molecular flexibility index (Phi) is 5.37. The van der Waals surface area contributed by atoms with Crippen molar-refractivity contribution in [1.29, 1.82) is 0 Å². The second kappa shape index (κ2) is 7.59. The van der Waals surface area contributed by atoms with Gasteiger partial charge in [0.05, 0.1) is 5.56 Å². The molecule has 0 radical (unpaired) electrons. The number of nitrogens with one attached hydrogen (secondary N) is 1. The number of carbonyl (C=O) groups is 4. The highest BCUT2D eigenvalue weighted by Gasteiger charge is 2.28. The Bertz CT molecular complexity index is 988. The Morgan fingerprint density at radius 2 is 2.00 bits per heavy atom. The molecule has 1 aliphatic carbocycles. The zero-order valence-corrected chi connectivity index (χ0v) is 16.6. The number of nitrogens with zero attached hydrogens (tertiary/aromatic N) is 1. The van der Waals surface area contributed by atoms with E-state index in [9.17, 15) is 19.2 Å². The monoisotopic (exact) mass is 403 g/mol. The first kappa shape index (κ1) is 19.8. The van der Waals surface area contributed by atoms with E-state index in [1.165, 1.54) is 42.0 Å². The number of aromatic nitrogens is 1. The molecule has 148 valence electrons. The van der Waals surface area contributed by atoms with Crippen LogP contribution >= 0.6 is 11.3 Å². The lowest BCUT2D eigenvalue weighted by atomic mass is 10.1. The normalized spacial score (nSPS) is 13.7. The van der Waals surface area contributed by atoms with Gasteiger partial charge in [0.2, 0.25) is 0 Å². The molecule has 9 heteroatoms. The van der Waals surface area contributed by atoms with Crippen LogP contribution in [0.25, 0.3) is 0 Å². The number of thiophene rings is 1. The summed E-state index contributed by atoms with van der Waals surface area (Å²) in [4.78, 5) is 49.1. The molecule has 1 atom stereocenters. The fraction of sp³-hybridized carbons (Fsp3) is 0.368. The molecule has 0 aliphatic heterocycles. The molecule has 0 fully saturated rings. The van der Waals surface area contributed by atoms with Gasteiger partial charge in [-0.2, -0.15) is 0 Å². The summed E-state index contributed by atoms with van der Waals surface area (Å²) in [6, 6.07) is 1.42. The number of esters is 1. The van der Waals surface area contributed by atoms with E-state index in [1.807, 2.05) is 0 Å². The number of carbonyl (C=O) groups excluding carboxylic acids is 4. The van der Waals surface area contributed by atoms with Gasteiger partial charge in [0, 0.05) is 23.7 Å². The topological polar surface area (TPSA) is 120 Å². The third kappa shape index (κ3) is 3.70. The van der Waals surface area contributed by atoms with Gasteiger partial charge in [-0.05, 0) is 44.7 Å². The number of ether oxygens (including phenoxy) is 1. The maximum Gasteiger partial charge on any atom is 0.355 e. The van der Waals surface area contributed by atoms with Crippen molar-refractivity contribution >= 4 is 39.9 Å². The molecule has 2 aromatic rings. The van der Waals surface area contributed by atoms with Crippen LogP contribution in [0.1, 0.15) is 61.9 Å². The highest BCUT2D eigenvalue weighted by Crippen LogP contribution is 2.38. The van der Waals surface area contributed by atoms with Gasteiger partial charge in [0.15, 0.2) is 11.9 Å². The minimum atomic E-state index is -1.10. The number of primary amides is 1. The Morgan fingerprint density at radius 1 is 1.29 bits per heavy atom. The van der Waals surface area contributed by atoms with Gasteiger partial charge in [-0.15, -0.1) is 11.3 Å². The van der Waals surface area contributed by atoms with Crippen LogP contribution < -0.4 is 11.1 Å². The summed E-state index contributed by atoms with van der Waals surface area (Å²) in [7, 11) is 1.61. The third-order valence-corrected chi connectivity index (χ3v) is 5.89. The van der Waals surface area contributed by atoms with E-state index in [2.05, 4.69) is 5.32 Å². The first-order chi connectivity index (χ1) is 13.2. The van der Waals surface area contributed by atoms with Crippen molar-refractivity contribution in [3.05, 3.63) is 39.5 Å². The summed E-state index contributed by atoms with van der Waals surface area (Å²) in [6.07, 6.45) is 3.00. The molecule has 2 heterocycles. The minimum Gasteiger partial charge on any atom is -0.448 e.